The fourth-order valence-electron chi connectivity index (χ4n) is 2.37. The van der Waals surface area contributed by atoms with Gasteiger partial charge in [-0.3, -0.25) is 15.4 Å². The Morgan fingerprint density at radius 3 is 2.48 bits per heavy atom. The number of nitrogens with one attached hydrogen (secondary N) is 2. The third kappa shape index (κ3) is 3.08. The Kier molecular flexibility index (Phi) is 4.64. The Labute approximate surface area is 123 Å². The van der Waals surface area contributed by atoms with Crippen LogP contribution in [0.15, 0.2) is 12.1 Å². The molecule has 1 amide bonds. The highest BCUT2D eigenvalue weighted by Gasteiger charge is 2.25. The maximum Gasteiger partial charge on any atom is 0.257 e. The molecule has 0 radical (unpaired) electrons. The molecule has 1 aromatic carbocycles. The van der Waals surface area contributed by atoms with Crippen LogP contribution in [0.3, 0.4) is 0 Å². The van der Waals surface area contributed by atoms with Gasteiger partial charge in [0.05, 0.1) is 24.0 Å². The van der Waals surface area contributed by atoms with Crippen molar-refractivity contribution in [3.8, 4) is 5.75 Å². The highest BCUT2D eigenvalue weighted by molar-refractivity contribution is 6.00. The Morgan fingerprint density at radius 1 is 1.29 bits per heavy atom. The number of hydrogen-bond donors (Lipinski definition) is 3. The summed E-state index contributed by atoms with van der Waals surface area (Å²) in [5, 5.41) is 2.98. The topological polar surface area (TPSA) is 96.7 Å². The third-order valence-corrected chi connectivity index (χ3v) is 3.60. The van der Waals surface area contributed by atoms with E-state index in [-0.39, 0.29) is 11.7 Å². The molecule has 0 aromatic heterocycles. The Bertz CT molecular complexity index is 549. The summed E-state index contributed by atoms with van der Waals surface area (Å²) in [4.78, 5) is 25.6. The molecule has 0 saturated carbocycles. The van der Waals surface area contributed by atoms with E-state index in [2.05, 4.69) is 10.7 Å². The number of piperidine rings is 1. The first kappa shape index (κ1) is 15.1. The van der Waals surface area contributed by atoms with Crippen molar-refractivity contribution in [1.29, 1.82) is 0 Å². The van der Waals surface area contributed by atoms with Gasteiger partial charge in [-0.05, 0) is 6.07 Å². The second-order valence-electron chi connectivity index (χ2n) is 4.82. The number of anilines is 2. The molecule has 0 atom stereocenters. The van der Waals surface area contributed by atoms with Crippen molar-refractivity contribution < 1.29 is 14.3 Å². The highest BCUT2D eigenvalue weighted by Crippen LogP contribution is 2.31. The van der Waals surface area contributed by atoms with E-state index in [4.69, 9.17) is 10.6 Å². The van der Waals surface area contributed by atoms with Crippen LogP contribution in [0.5, 0.6) is 5.75 Å². The number of benzene rings is 1. The minimum atomic E-state index is -0.139. The number of carbonyl (C=O) groups excluding carboxylic acids is 2. The molecule has 0 aliphatic carbocycles. The third-order valence-electron chi connectivity index (χ3n) is 3.60. The molecule has 1 heterocycles. The van der Waals surface area contributed by atoms with Gasteiger partial charge in [0.1, 0.15) is 11.5 Å². The van der Waals surface area contributed by atoms with Crippen LogP contribution in [-0.2, 0) is 4.79 Å². The molecule has 1 saturated heterocycles. The van der Waals surface area contributed by atoms with Gasteiger partial charge in [0.25, 0.3) is 5.91 Å². The fraction of sp³-hybridized carbons (Fsp3) is 0.429. The first-order valence-electron chi connectivity index (χ1n) is 6.78. The first-order chi connectivity index (χ1) is 10.1. The van der Waals surface area contributed by atoms with Crippen molar-refractivity contribution in [3.63, 3.8) is 0 Å². The average molecular weight is 292 g/mol. The van der Waals surface area contributed by atoms with Gasteiger partial charge in [0.15, 0.2) is 0 Å². The normalized spacial score (nSPS) is 14.8. The summed E-state index contributed by atoms with van der Waals surface area (Å²) in [7, 11) is 3.25. The van der Waals surface area contributed by atoms with Gasteiger partial charge >= 0.3 is 0 Å². The van der Waals surface area contributed by atoms with E-state index in [0.29, 0.717) is 48.6 Å². The summed E-state index contributed by atoms with van der Waals surface area (Å²) < 4.78 is 5.28. The van der Waals surface area contributed by atoms with Gasteiger partial charge in [-0.15, -0.1) is 0 Å². The SMILES string of the molecule is CNc1cc(C(=O)N2CCC(=O)CC2)c(OC)cc1NN. The van der Waals surface area contributed by atoms with Crippen molar-refractivity contribution in [2.45, 2.75) is 12.8 Å². The lowest BCUT2D eigenvalue weighted by molar-refractivity contribution is -0.120. The molecule has 0 spiro atoms. The zero-order chi connectivity index (χ0) is 15.4. The highest BCUT2D eigenvalue weighted by atomic mass is 16.5. The molecule has 1 aliphatic heterocycles. The maximum absolute atomic E-state index is 12.6. The lowest BCUT2D eigenvalue weighted by atomic mass is 10.1. The lowest BCUT2D eigenvalue weighted by Crippen LogP contribution is -2.38. The number of nitrogen functional groups attached to an aromatic ring is 1. The van der Waals surface area contributed by atoms with Gasteiger partial charge in [-0.1, -0.05) is 0 Å². The second kappa shape index (κ2) is 6.45. The first-order valence-corrected chi connectivity index (χ1v) is 6.78. The molecule has 1 aromatic rings. The quantitative estimate of drug-likeness (QED) is 0.562. The number of amides is 1. The summed E-state index contributed by atoms with van der Waals surface area (Å²) >= 11 is 0. The van der Waals surface area contributed by atoms with E-state index in [1.54, 1.807) is 24.1 Å². The van der Waals surface area contributed by atoms with Crippen LogP contribution in [0, 0.1) is 0 Å². The number of ether oxygens (including phenoxy) is 1. The molecule has 114 valence electrons. The van der Waals surface area contributed by atoms with Crippen molar-refractivity contribution in [2.24, 2.45) is 5.84 Å². The smallest absolute Gasteiger partial charge is 0.257 e. The van der Waals surface area contributed by atoms with Crippen molar-refractivity contribution in [1.82, 2.24) is 4.90 Å². The summed E-state index contributed by atoms with van der Waals surface area (Å²) in [5.74, 6) is 5.96. The molecule has 0 bridgehead atoms. The number of rotatable bonds is 4. The molecule has 7 nitrogen and oxygen atoms in total. The number of Topliss-reactive ketones (excluding diaryl/α,β-unsaturated/α-hetero) is 1. The Hall–Kier alpha value is -2.28. The number of carbonyl (C=O) groups is 2. The molecule has 21 heavy (non-hydrogen) atoms. The van der Waals surface area contributed by atoms with Crippen molar-refractivity contribution in [3.05, 3.63) is 17.7 Å². The van der Waals surface area contributed by atoms with Gasteiger partial charge in [-0.25, -0.2) is 0 Å². The van der Waals surface area contributed by atoms with Crippen LogP contribution in [0.1, 0.15) is 23.2 Å². The van der Waals surface area contributed by atoms with Crippen LogP contribution in [-0.4, -0.2) is 43.8 Å². The standard InChI is InChI=1S/C14H20N4O3/c1-16-11-7-10(13(21-2)8-12(11)17-15)14(20)18-5-3-9(19)4-6-18/h7-8,16-17H,3-6,15H2,1-2H3. The van der Waals surface area contributed by atoms with Crippen LogP contribution >= 0.6 is 0 Å². The van der Waals surface area contributed by atoms with Crippen LogP contribution in [0.4, 0.5) is 11.4 Å². The Morgan fingerprint density at radius 2 is 1.95 bits per heavy atom. The summed E-state index contributed by atoms with van der Waals surface area (Å²) in [6.45, 7) is 0.902. The number of hydrogen-bond acceptors (Lipinski definition) is 6. The van der Waals surface area contributed by atoms with Crippen molar-refractivity contribution >= 4 is 23.1 Å². The zero-order valence-electron chi connectivity index (χ0n) is 12.2. The van der Waals surface area contributed by atoms with E-state index < -0.39 is 0 Å². The van der Waals surface area contributed by atoms with Gasteiger partial charge in [0, 0.05) is 39.0 Å². The van der Waals surface area contributed by atoms with Crippen LogP contribution < -0.4 is 21.3 Å². The molecular weight excluding hydrogens is 272 g/mol. The van der Waals surface area contributed by atoms with E-state index in [1.165, 1.54) is 7.11 Å². The van der Waals surface area contributed by atoms with E-state index in [0.717, 1.165) is 0 Å². The van der Waals surface area contributed by atoms with Gasteiger partial charge in [0.2, 0.25) is 0 Å². The van der Waals surface area contributed by atoms with Gasteiger partial charge in [-0.2, -0.15) is 0 Å². The van der Waals surface area contributed by atoms with E-state index in [1.807, 2.05) is 0 Å². The number of likely N-dealkylation sites (tertiary alicyclic amines) is 1. The monoisotopic (exact) mass is 292 g/mol. The second-order valence-corrected chi connectivity index (χ2v) is 4.82. The predicted molar refractivity (Wildman–Crippen MR) is 80.5 cm³/mol. The molecule has 4 N–H and O–H groups in total. The number of nitrogens with two attached hydrogens (primary N) is 1. The summed E-state index contributed by atoms with van der Waals surface area (Å²) in [6, 6.07) is 3.38. The fourth-order valence-corrected chi connectivity index (χ4v) is 2.37. The number of methoxy groups -OCH3 is 1. The molecule has 1 aliphatic rings. The van der Waals surface area contributed by atoms with Crippen LogP contribution in [0.25, 0.3) is 0 Å². The van der Waals surface area contributed by atoms with E-state index in [9.17, 15) is 9.59 Å². The van der Waals surface area contributed by atoms with E-state index >= 15 is 0 Å². The summed E-state index contributed by atoms with van der Waals surface area (Å²) in [6.07, 6.45) is 0.824. The van der Waals surface area contributed by atoms with Gasteiger partial charge < -0.3 is 20.4 Å². The predicted octanol–water partition coefficient (Wildman–Crippen LogP) is 0.828. The minimum Gasteiger partial charge on any atom is -0.496 e. The molecule has 1 fully saturated rings. The summed E-state index contributed by atoms with van der Waals surface area (Å²) in [5.41, 5.74) is 4.36. The van der Waals surface area contributed by atoms with Crippen molar-refractivity contribution in [2.75, 3.05) is 38.0 Å². The average Bonchev–Trinajstić information content (AvgIpc) is 2.53. The Balaban J connectivity index is 2.33. The minimum absolute atomic E-state index is 0.139. The maximum atomic E-state index is 12.6. The number of hydrazine groups is 1. The molecule has 7 heteroatoms. The molecule has 0 unspecified atom stereocenters. The largest absolute Gasteiger partial charge is 0.496 e. The molecule has 2 rings (SSSR count). The lowest BCUT2D eigenvalue weighted by Gasteiger charge is -2.27. The van der Waals surface area contributed by atoms with Crippen LogP contribution in [0.2, 0.25) is 0 Å². The zero-order valence-corrected chi connectivity index (χ0v) is 12.2. The number of nitrogens with zero attached hydrogens (tertiary/aromatic N) is 1. The molecular formula is C14H20N4O3. The number of ketones is 1.